The molecule has 1 fully saturated rings. The Labute approximate surface area is 164 Å². The number of thiophene rings is 1. The summed E-state index contributed by atoms with van der Waals surface area (Å²) in [5.74, 6) is 1.03. The highest BCUT2D eigenvalue weighted by molar-refractivity contribution is 7.12. The largest absolute Gasteiger partial charge is 0.468 e. The standard InChI is InChI=1S/C21H28N2O3S/c24-18(20-10-7-15-27-20)8-5-11-21(25)22-16-17(19-9-6-14-26-19)23-12-3-1-2-4-13-23/h6-7,9-10,14-15,17H,1-5,8,11-13,16H2,(H,22,25). The monoisotopic (exact) mass is 388 g/mol. The Morgan fingerprint density at radius 3 is 2.59 bits per heavy atom. The summed E-state index contributed by atoms with van der Waals surface area (Å²) in [6.07, 6.45) is 7.99. The molecule has 1 amide bonds. The van der Waals surface area contributed by atoms with Crippen LogP contribution in [0.1, 0.15) is 66.4 Å². The molecule has 2 aromatic rings. The van der Waals surface area contributed by atoms with Crippen LogP contribution in [0.25, 0.3) is 0 Å². The molecule has 1 aliphatic heterocycles. The molecule has 1 aliphatic rings. The van der Waals surface area contributed by atoms with Crippen LogP contribution in [0.2, 0.25) is 0 Å². The molecule has 0 aromatic carbocycles. The lowest BCUT2D eigenvalue weighted by atomic mass is 10.1. The molecule has 27 heavy (non-hydrogen) atoms. The summed E-state index contributed by atoms with van der Waals surface area (Å²) in [7, 11) is 0. The third-order valence-electron chi connectivity index (χ3n) is 5.05. The van der Waals surface area contributed by atoms with Crippen molar-refractivity contribution in [3.63, 3.8) is 0 Å². The van der Waals surface area contributed by atoms with Crippen LogP contribution in [-0.4, -0.2) is 36.2 Å². The second-order valence-corrected chi connectivity index (χ2v) is 7.99. The van der Waals surface area contributed by atoms with Gasteiger partial charge in [-0.1, -0.05) is 18.9 Å². The quantitative estimate of drug-likeness (QED) is 0.646. The first-order valence-corrected chi connectivity index (χ1v) is 10.7. The van der Waals surface area contributed by atoms with Crippen molar-refractivity contribution < 1.29 is 14.0 Å². The predicted octanol–water partition coefficient (Wildman–Crippen LogP) is 4.43. The van der Waals surface area contributed by atoms with Crippen molar-refractivity contribution in [1.29, 1.82) is 0 Å². The molecule has 5 nitrogen and oxygen atoms in total. The minimum absolute atomic E-state index is 0.000331. The van der Waals surface area contributed by atoms with Gasteiger partial charge in [0.25, 0.3) is 0 Å². The Morgan fingerprint density at radius 2 is 1.93 bits per heavy atom. The van der Waals surface area contributed by atoms with E-state index in [1.807, 2.05) is 29.6 Å². The Balaban J connectivity index is 1.46. The maximum atomic E-state index is 12.3. The van der Waals surface area contributed by atoms with Crippen LogP contribution in [0, 0.1) is 0 Å². The van der Waals surface area contributed by atoms with E-state index in [0.29, 0.717) is 25.8 Å². The van der Waals surface area contributed by atoms with E-state index in [-0.39, 0.29) is 17.7 Å². The average molecular weight is 389 g/mol. The van der Waals surface area contributed by atoms with E-state index in [2.05, 4.69) is 10.2 Å². The number of amides is 1. The summed E-state index contributed by atoms with van der Waals surface area (Å²) in [4.78, 5) is 27.5. The molecule has 3 heterocycles. The first-order valence-electron chi connectivity index (χ1n) is 9.85. The van der Waals surface area contributed by atoms with Crippen LogP contribution in [0.5, 0.6) is 0 Å². The number of ketones is 1. The number of nitrogens with one attached hydrogen (secondary N) is 1. The number of hydrogen-bond acceptors (Lipinski definition) is 5. The summed E-state index contributed by atoms with van der Waals surface area (Å²) < 4.78 is 5.64. The molecule has 0 aliphatic carbocycles. The maximum absolute atomic E-state index is 12.3. The Morgan fingerprint density at radius 1 is 1.11 bits per heavy atom. The topological polar surface area (TPSA) is 62.6 Å². The van der Waals surface area contributed by atoms with Gasteiger partial charge in [0, 0.05) is 19.4 Å². The van der Waals surface area contributed by atoms with E-state index in [0.717, 1.165) is 23.7 Å². The third-order valence-corrected chi connectivity index (χ3v) is 5.96. The lowest BCUT2D eigenvalue weighted by Gasteiger charge is -2.29. The Hall–Kier alpha value is -1.92. The van der Waals surface area contributed by atoms with Crippen molar-refractivity contribution >= 4 is 23.0 Å². The summed E-state index contributed by atoms with van der Waals surface area (Å²) in [6, 6.07) is 7.68. The molecule has 146 valence electrons. The number of hydrogen-bond donors (Lipinski definition) is 1. The second kappa shape index (κ2) is 10.4. The first-order chi connectivity index (χ1) is 13.2. The van der Waals surface area contributed by atoms with Gasteiger partial charge < -0.3 is 9.73 Å². The lowest BCUT2D eigenvalue weighted by Crippen LogP contribution is -2.38. The van der Waals surface area contributed by atoms with Gasteiger partial charge in [0.05, 0.1) is 17.2 Å². The fourth-order valence-corrected chi connectivity index (χ4v) is 4.26. The summed E-state index contributed by atoms with van der Waals surface area (Å²) in [6.45, 7) is 2.62. The highest BCUT2D eigenvalue weighted by Gasteiger charge is 2.24. The van der Waals surface area contributed by atoms with E-state index >= 15 is 0 Å². The van der Waals surface area contributed by atoms with E-state index in [4.69, 9.17) is 4.42 Å². The number of rotatable bonds is 9. The van der Waals surface area contributed by atoms with Gasteiger partial charge >= 0.3 is 0 Å². The molecule has 3 rings (SSSR count). The summed E-state index contributed by atoms with van der Waals surface area (Å²) in [5.41, 5.74) is 0. The van der Waals surface area contributed by atoms with Crippen molar-refractivity contribution in [2.24, 2.45) is 0 Å². The molecule has 1 saturated heterocycles. The fourth-order valence-electron chi connectivity index (χ4n) is 3.57. The van der Waals surface area contributed by atoms with Gasteiger partial charge in [-0.05, 0) is 55.9 Å². The van der Waals surface area contributed by atoms with E-state index in [1.165, 1.54) is 37.0 Å². The van der Waals surface area contributed by atoms with Gasteiger partial charge in [-0.2, -0.15) is 0 Å². The van der Waals surface area contributed by atoms with Crippen LogP contribution in [0.15, 0.2) is 40.3 Å². The second-order valence-electron chi connectivity index (χ2n) is 7.04. The number of Topliss-reactive ketones (excluding diaryl/α,β-unsaturated/α-hetero) is 1. The summed E-state index contributed by atoms with van der Waals surface area (Å²) >= 11 is 1.45. The SMILES string of the molecule is O=C(CCCC(=O)c1cccs1)NCC(c1ccco1)N1CCCCCC1. The van der Waals surface area contributed by atoms with Crippen molar-refractivity contribution in [3.8, 4) is 0 Å². The average Bonchev–Trinajstić information content (AvgIpc) is 3.33. The zero-order chi connectivity index (χ0) is 18.9. The number of carbonyl (C=O) groups is 2. The van der Waals surface area contributed by atoms with Crippen LogP contribution in [-0.2, 0) is 4.79 Å². The Bertz CT molecular complexity index is 689. The molecular formula is C21H28N2O3S. The normalized spacial score (nSPS) is 16.6. The molecule has 0 saturated carbocycles. The first kappa shape index (κ1) is 19.8. The summed E-state index contributed by atoms with van der Waals surface area (Å²) in [5, 5.41) is 4.95. The zero-order valence-corrected chi connectivity index (χ0v) is 16.5. The van der Waals surface area contributed by atoms with Crippen molar-refractivity contribution in [2.75, 3.05) is 19.6 Å². The van der Waals surface area contributed by atoms with Crippen LogP contribution >= 0.6 is 11.3 Å². The molecule has 0 bridgehead atoms. The van der Waals surface area contributed by atoms with E-state index < -0.39 is 0 Å². The van der Waals surface area contributed by atoms with Crippen LogP contribution < -0.4 is 5.32 Å². The highest BCUT2D eigenvalue weighted by Crippen LogP contribution is 2.24. The van der Waals surface area contributed by atoms with E-state index in [9.17, 15) is 9.59 Å². The fraction of sp³-hybridized carbons (Fsp3) is 0.524. The van der Waals surface area contributed by atoms with Crippen molar-refractivity contribution in [3.05, 3.63) is 46.5 Å². The molecule has 1 unspecified atom stereocenters. The molecule has 6 heteroatoms. The zero-order valence-electron chi connectivity index (χ0n) is 15.7. The number of carbonyl (C=O) groups excluding carboxylic acids is 2. The van der Waals surface area contributed by atoms with Gasteiger partial charge in [0.1, 0.15) is 5.76 Å². The van der Waals surface area contributed by atoms with Crippen molar-refractivity contribution in [1.82, 2.24) is 10.2 Å². The van der Waals surface area contributed by atoms with Gasteiger partial charge in [-0.15, -0.1) is 11.3 Å². The molecule has 0 spiro atoms. The number of furan rings is 1. The highest BCUT2D eigenvalue weighted by atomic mass is 32.1. The minimum atomic E-state index is 0.000331. The molecular weight excluding hydrogens is 360 g/mol. The Kier molecular flexibility index (Phi) is 7.66. The predicted molar refractivity (Wildman–Crippen MR) is 107 cm³/mol. The third kappa shape index (κ3) is 6.04. The number of likely N-dealkylation sites (tertiary alicyclic amines) is 1. The van der Waals surface area contributed by atoms with E-state index in [1.54, 1.807) is 6.26 Å². The number of nitrogens with zero attached hydrogens (tertiary/aromatic N) is 1. The lowest BCUT2D eigenvalue weighted by molar-refractivity contribution is -0.121. The molecule has 0 radical (unpaired) electrons. The van der Waals surface area contributed by atoms with Crippen molar-refractivity contribution in [2.45, 2.75) is 51.0 Å². The smallest absolute Gasteiger partial charge is 0.220 e. The van der Waals surface area contributed by atoms with Crippen LogP contribution in [0.4, 0.5) is 0 Å². The van der Waals surface area contributed by atoms with Crippen LogP contribution in [0.3, 0.4) is 0 Å². The van der Waals surface area contributed by atoms with Gasteiger partial charge in [0.2, 0.25) is 5.91 Å². The van der Waals surface area contributed by atoms with Gasteiger partial charge in [-0.25, -0.2) is 0 Å². The maximum Gasteiger partial charge on any atom is 0.220 e. The minimum Gasteiger partial charge on any atom is -0.468 e. The molecule has 1 atom stereocenters. The molecule has 1 N–H and O–H groups in total. The van der Waals surface area contributed by atoms with Gasteiger partial charge in [-0.3, -0.25) is 14.5 Å². The molecule has 2 aromatic heterocycles. The van der Waals surface area contributed by atoms with Gasteiger partial charge in [0.15, 0.2) is 5.78 Å².